The Balaban J connectivity index is 1.20. The van der Waals surface area contributed by atoms with Gasteiger partial charge in [-0.2, -0.15) is 0 Å². The fourth-order valence-corrected chi connectivity index (χ4v) is 6.45. The molecule has 1 aliphatic rings. The molecular formula is C38H24N4O. The standard InChI is InChI=1S/C38H24N4O/c1-2-10-28-27(9-1)29-18-16-25(23-33(29)38-40-21-22-41(38)34-13-5-3-11-30(28)34)43-26-17-19-32-31-12-4-6-14-35(31)42(36(32)24-26)37-15-7-8-20-39-37/h1-24H. The second-order valence-corrected chi connectivity index (χ2v) is 10.7. The molecule has 5 aromatic carbocycles. The summed E-state index contributed by atoms with van der Waals surface area (Å²) in [5, 5.41) is 2.34. The number of hydrogen-bond donors (Lipinski definition) is 0. The van der Waals surface area contributed by atoms with Crippen molar-refractivity contribution < 1.29 is 4.74 Å². The number of nitrogens with zero attached hydrogens (tertiary/aromatic N) is 4. The van der Waals surface area contributed by atoms with Gasteiger partial charge in [0.05, 0.1) is 16.7 Å². The van der Waals surface area contributed by atoms with Crippen molar-refractivity contribution in [3.63, 3.8) is 0 Å². The van der Waals surface area contributed by atoms with E-state index in [1.54, 1.807) is 0 Å². The smallest absolute Gasteiger partial charge is 0.145 e. The Labute approximate surface area is 247 Å². The lowest BCUT2D eigenvalue weighted by Crippen LogP contribution is -2.04. The number of hydrogen-bond acceptors (Lipinski definition) is 3. The second-order valence-electron chi connectivity index (χ2n) is 10.7. The van der Waals surface area contributed by atoms with Crippen LogP contribution in [0.5, 0.6) is 11.5 Å². The van der Waals surface area contributed by atoms with Crippen LogP contribution in [0.1, 0.15) is 0 Å². The van der Waals surface area contributed by atoms with Crippen LogP contribution >= 0.6 is 0 Å². The van der Waals surface area contributed by atoms with E-state index in [0.29, 0.717) is 0 Å². The van der Waals surface area contributed by atoms with Crippen LogP contribution in [0.2, 0.25) is 0 Å². The second kappa shape index (κ2) is 9.29. The van der Waals surface area contributed by atoms with E-state index in [2.05, 4.69) is 117 Å². The van der Waals surface area contributed by atoms with Crippen molar-refractivity contribution in [1.82, 2.24) is 19.1 Å². The van der Waals surface area contributed by atoms with Crippen LogP contribution in [0.4, 0.5) is 0 Å². The molecule has 0 amide bonds. The van der Waals surface area contributed by atoms with E-state index in [4.69, 9.17) is 9.72 Å². The third kappa shape index (κ3) is 3.65. The molecule has 0 spiro atoms. The summed E-state index contributed by atoms with van der Waals surface area (Å²) < 4.78 is 11.0. The lowest BCUT2D eigenvalue weighted by Gasteiger charge is -2.22. The fraction of sp³-hybridized carbons (Fsp3) is 0. The highest BCUT2D eigenvalue weighted by Gasteiger charge is 2.23. The molecule has 5 nitrogen and oxygen atoms in total. The van der Waals surface area contributed by atoms with Crippen LogP contribution in [0.3, 0.4) is 0 Å². The molecule has 43 heavy (non-hydrogen) atoms. The molecule has 0 N–H and O–H groups in total. The van der Waals surface area contributed by atoms with E-state index in [0.717, 1.165) is 56.4 Å². The number of ether oxygens (including phenoxy) is 1. The van der Waals surface area contributed by atoms with E-state index in [1.807, 2.05) is 42.9 Å². The van der Waals surface area contributed by atoms with Crippen LogP contribution < -0.4 is 4.74 Å². The van der Waals surface area contributed by atoms with Crippen molar-refractivity contribution in [2.75, 3.05) is 0 Å². The predicted octanol–water partition coefficient (Wildman–Crippen LogP) is 9.47. The van der Waals surface area contributed by atoms with Gasteiger partial charge < -0.3 is 4.74 Å². The van der Waals surface area contributed by atoms with E-state index in [9.17, 15) is 0 Å². The average Bonchev–Trinajstić information content (AvgIpc) is 3.67. The van der Waals surface area contributed by atoms with Gasteiger partial charge in [-0.15, -0.1) is 0 Å². The summed E-state index contributed by atoms with van der Waals surface area (Å²) in [6, 6.07) is 44.1. The summed E-state index contributed by atoms with van der Waals surface area (Å²) in [5.74, 6) is 3.26. The number of pyridine rings is 1. The first kappa shape index (κ1) is 23.7. The number of para-hydroxylation sites is 2. The van der Waals surface area contributed by atoms with E-state index < -0.39 is 0 Å². The van der Waals surface area contributed by atoms with Gasteiger partial charge in [-0.05, 0) is 71.3 Å². The quantitative estimate of drug-likeness (QED) is 0.219. The van der Waals surface area contributed by atoms with Crippen molar-refractivity contribution in [3.05, 3.63) is 146 Å². The maximum atomic E-state index is 6.59. The first-order valence-electron chi connectivity index (χ1n) is 14.3. The summed E-state index contributed by atoms with van der Waals surface area (Å²) in [5.41, 5.74) is 8.95. The van der Waals surface area contributed by atoms with Gasteiger partial charge in [-0.1, -0.05) is 66.7 Å². The number of rotatable bonds is 3. The molecular weight excluding hydrogens is 528 g/mol. The van der Waals surface area contributed by atoms with E-state index in [1.165, 1.54) is 22.1 Å². The molecule has 0 saturated carbocycles. The molecule has 202 valence electrons. The average molecular weight is 553 g/mol. The molecule has 5 heteroatoms. The van der Waals surface area contributed by atoms with Crippen molar-refractivity contribution >= 4 is 21.8 Å². The van der Waals surface area contributed by atoms with Gasteiger partial charge in [-0.3, -0.25) is 9.13 Å². The van der Waals surface area contributed by atoms with Crippen LogP contribution in [-0.2, 0) is 0 Å². The Hall–Kier alpha value is -5.94. The number of fused-ring (bicyclic) bond motifs is 11. The summed E-state index contributed by atoms with van der Waals surface area (Å²) >= 11 is 0. The zero-order valence-electron chi connectivity index (χ0n) is 23.1. The van der Waals surface area contributed by atoms with Gasteiger partial charge in [0.25, 0.3) is 0 Å². The molecule has 0 aliphatic carbocycles. The summed E-state index contributed by atoms with van der Waals surface area (Å²) in [6.45, 7) is 0. The van der Waals surface area contributed by atoms with E-state index in [-0.39, 0.29) is 0 Å². The molecule has 9 rings (SSSR count). The predicted molar refractivity (Wildman–Crippen MR) is 172 cm³/mol. The molecule has 4 heterocycles. The highest BCUT2D eigenvalue weighted by Crippen LogP contribution is 2.44. The maximum absolute atomic E-state index is 6.59. The van der Waals surface area contributed by atoms with Crippen LogP contribution in [0.25, 0.3) is 67.0 Å². The Morgan fingerprint density at radius 3 is 2.07 bits per heavy atom. The molecule has 3 aromatic heterocycles. The van der Waals surface area contributed by atoms with Crippen LogP contribution in [0.15, 0.2) is 146 Å². The molecule has 0 fully saturated rings. The minimum absolute atomic E-state index is 0.750. The summed E-state index contributed by atoms with van der Waals surface area (Å²) in [4.78, 5) is 9.49. The van der Waals surface area contributed by atoms with Crippen LogP contribution in [0, 0.1) is 0 Å². The van der Waals surface area contributed by atoms with Gasteiger partial charge in [-0.25, -0.2) is 9.97 Å². The molecule has 0 unspecified atom stereocenters. The Bertz CT molecular complexity index is 2330. The van der Waals surface area contributed by atoms with Gasteiger partial charge in [0.1, 0.15) is 23.1 Å². The topological polar surface area (TPSA) is 44.9 Å². The van der Waals surface area contributed by atoms with Gasteiger partial charge in [0.2, 0.25) is 0 Å². The van der Waals surface area contributed by atoms with Crippen molar-refractivity contribution in [3.8, 4) is 56.6 Å². The first-order valence-corrected chi connectivity index (χ1v) is 14.3. The lowest BCUT2D eigenvalue weighted by molar-refractivity contribution is 0.483. The third-order valence-electron chi connectivity index (χ3n) is 8.30. The van der Waals surface area contributed by atoms with Crippen LogP contribution in [-0.4, -0.2) is 19.1 Å². The number of aromatic nitrogens is 4. The zero-order valence-corrected chi connectivity index (χ0v) is 23.1. The summed E-state index contributed by atoms with van der Waals surface area (Å²) in [6.07, 6.45) is 5.72. The first-order chi connectivity index (χ1) is 21.3. The van der Waals surface area contributed by atoms with Gasteiger partial charge in [0, 0.05) is 46.6 Å². The highest BCUT2D eigenvalue weighted by atomic mass is 16.5. The molecule has 0 atom stereocenters. The summed E-state index contributed by atoms with van der Waals surface area (Å²) in [7, 11) is 0. The third-order valence-corrected chi connectivity index (χ3v) is 8.30. The maximum Gasteiger partial charge on any atom is 0.145 e. The highest BCUT2D eigenvalue weighted by molar-refractivity contribution is 6.09. The number of benzene rings is 5. The SMILES string of the molecule is c1ccc(-n2c3ccccc3c3ccc(Oc4ccc5c(c4)-c4nccn4-c4ccccc4-c4ccccc4-5)cc32)nc1. The monoisotopic (exact) mass is 552 g/mol. The molecule has 8 aromatic rings. The largest absolute Gasteiger partial charge is 0.457 e. The minimum Gasteiger partial charge on any atom is -0.457 e. The Morgan fingerprint density at radius 2 is 1.19 bits per heavy atom. The van der Waals surface area contributed by atoms with Gasteiger partial charge >= 0.3 is 0 Å². The Morgan fingerprint density at radius 1 is 0.488 bits per heavy atom. The molecule has 0 saturated heterocycles. The molecule has 0 bridgehead atoms. The van der Waals surface area contributed by atoms with Gasteiger partial charge in [0.15, 0.2) is 0 Å². The van der Waals surface area contributed by atoms with E-state index >= 15 is 0 Å². The Kier molecular flexibility index (Phi) is 5.13. The normalized spacial score (nSPS) is 11.7. The number of imidazole rings is 1. The lowest BCUT2D eigenvalue weighted by atomic mass is 9.89. The van der Waals surface area contributed by atoms with Crippen molar-refractivity contribution in [1.29, 1.82) is 0 Å². The minimum atomic E-state index is 0.750. The molecule has 0 radical (unpaired) electrons. The fourth-order valence-electron chi connectivity index (χ4n) is 6.45. The zero-order chi connectivity index (χ0) is 28.3. The van der Waals surface area contributed by atoms with Crippen molar-refractivity contribution in [2.24, 2.45) is 0 Å². The van der Waals surface area contributed by atoms with Crippen molar-refractivity contribution in [2.45, 2.75) is 0 Å². The molecule has 1 aliphatic heterocycles.